The van der Waals surface area contributed by atoms with E-state index in [0.29, 0.717) is 11.0 Å². The summed E-state index contributed by atoms with van der Waals surface area (Å²) in [5.74, 6) is -0.289. The van der Waals surface area contributed by atoms with Crippen LogP contribution in [0.1, 0.15) is 13.8 Å². The Hall–Kier alpha value is -0.990. The summed E-state index contributed by atoms with van der Waals surface area (Å²) in [6.07, 6.45) is 0. The quantitative estimate of drug-likeness (QED) is 0.743. The van der Waals surface area contributed by atoms with Crippen LogP contribution in [0.3, 0.4) is 0 Å². The van der Waals surface area contributed by atoms with Crippen molar-refractivity contribution in [3.8, 4) is 11.4 Å². The van der Waals surface area contributed by atoms with Gasteiger partial charge in [-0.15, -0.1) is 10.2 Å². The molecule has 1 aromatic carbocycles. The second kappa shape index (κ2) is 6.02. The zero-order valence-electron chi connectivity index (χ0n) is 11.2. The van der Waals surface area contributed by atoms with Crippen molar-refractivity contribution in [2.75, 3.05) is 0 Å². The van der Waals surface area contributed by atoms with Gasteiger partial charge in [0.25, 0.3) is 14.2 Å². The molecule has 0 bridgehead atoms. The van der Waals surface area contributed by atoms with Gasteiger partial charge in [0.15, 0.2) is 5.82 Å². The van der Waals surface area contributed by atoms with Crippen LogP contribution in [0.5, 0.6) is 0 Å². The molecule has 0 saturated carbocycles. The van der Waals surface area contributed by atoms with Gasteiger partial charge in [-0.2, -0.15) is 0 Å². The molecule has 0 atom stereocenters. The lowest BCUT2D eigenvalue weighted by Crippen LogP contribution is -2.12. The highest BCUT2D eigenvalue weighted by Crippen LogP contribution is 2.28. The lowest BCUT2D eigenvalue weighted by atomic mass is 10.2. The molecule has 1 heterocycles. The van der Waals surface area contributed by atoms with Crippen LogP contribution in [0, 0.1) is 11.7 Å². The smallest absolute Gasteiger partial charge is 0.296 e. The van der Waals surface area contributed by atoms with E-state index < -0.39 is 14.9 Å². The van der Waals surface area contributed by atoms with E-state index >= 15 is 0 Å². The van der Waals surface area contributed by atoms with Gasteiger partial charge < -0.3 is 0 Å². The average Bonchev–Trinajstić information content (AvgIpc) is 2.74. The standard InChI is InChI=1S/C12H12BrClFN3O2S/c1-7(2)6-18-11(16-17-12(18)21(14,19)20)9-5-8(13)3-4-10(9)15/h3-5,7H,6H2,1-2H3. The third kappa shape index (κ3) is 3.61. The molecular formula is C12H12BrClFN3O2S. The van der Waals surface area contributed by atoms with Crippen molar-refractivity contribution in [2.45, 2.75) is 25.5 Å². The Kier molecular flexibility index (Phi) is 4.69. The zero-order chi connectivity index (χ0) is 15.8. The van der Waals surface area contributed by atoms with Crippen LogP contribution in [0.15, 0.2) is 27.8 Å². The molecule has 0 saturated heterocycles. The van der Waals surface area contributed by atoms with E-state index in [2.05, 4.69) is 26.1 Å². The molecule has 0 aliphatic carbocycles. The second-order valence-electron chi connectivity index (χ2n) is 4.87. The van der Waals surface area contributed by atoms with Gasteiger partial charge >= 0.3 is 0 Å². The Balaban J connectivity index is 2.69. The van der Waals surface area contributed by atoms with Crippen molar-refractivity contribution in [3.05, 3.63) is 28.5 Å². The number of hydrogen-bond donors (Lipinski definition) is 0. The first-order valence-electron chi connectivity index (χ1n) is 6.03. The van der Waals surface area contributed by atoms with Gasteiger partial charge in [0, 0.05) is 21.7 Å². The van der Waals surface area contributed by atoms with Crippen molar-refractivity contribution < 1.29 is 12.8 Å². The van der Waals surface area contributed by atoms with Gasteiger partial charge in [-0.1, -0.05) is 29.8 Å². The topological polar surface area (TPSA) is 64.8 Å². The maximum Gasteiger partial charge on any atom is 0.296 e. The molecular weight excluding hydrogens is 385 g/mol. The Morgan fingerprint density at radius 1 is 1.38 bits per heavy atom. The first-order valence-corrected chi connectivity index (χ1v) is 9.13. The summed E-state index contributed by atoms with van der Waals surface area (Å²) in [6, 6.07) is 4.32. The molecule has 21 heavy (non-hydrogen) atoms. The summed E-state index contributed by atoms with van der Waals surface area (Å²) in [6.45, 7) is 4.09. The molecule has 5 nitrogen and oxygen atoms in total. The van der Waals surface area contributed by atoms with E-state index in [1.54, 1.807) is 6.07 Å². The van der Waals surface area contributed by atoms with E-state index in [-0.39, 0.29) is 22.5 Å². The molecule has 0 unspecified atom stereocenters. The summed E-state index contributed by atoms with van der Waals surface area (Å²) < 4.78 is 39.1. The molecule has 114 valence electrons. The highest BCUT2D eigenvalue weighted by Gasteiger charge is 2.25. The van der Waals surface area contributed by atoms with E-state index in [9.17, 15) is 12.8 Å². The van der Waals surface area contributed by atoms with Gasteiger partial charge in [0.2, 0.25) is 0 Å². The maximum absolute atomic E-state index is 14.0. The number of nitrogens with zero attached hydrogens (tertiary/aromatic N) is 3. The van der Waals surface area contributed by atoms with E-state index in [1.807, 2.05) is 13.8 Å². The molecule has 0 radical (unpaired) electrons. The van der Waals surface area contributed by atoms with Crippen LogP contribution in [-0.2, 0) is 15.6 Å². The average molecular weight is 397 g/mol. The number of rotatable bonds is 4. The highest BCUT2D eigenvalue weighted by molar-refractivity contribution is 9.10. The normalized spacial score (nSPS) is 12.1. The minimum Gasteiger partial charge on any atom is -0.296 e. The Morgan fingerprint density at radius 3 is 2.62 bits per heavy atom. The molecule has 9 heteroatoms. The highest BCUT2D eigenvalue weighted by atomic mass is 79.9. The van der Waals surface area contributed by atoms with Crippen LogP contribution >= 0.6 is 26.6 Å². The lowest BCUT2D eigenvalue weighted by Gasteiger charge is -2.12. The minimum atomic E-state index is -4.06. The van der Waals surface area contributed by atoms with Crippen molar-refractivity contribution in [2.24, 2.45) is 5.92 Å². The van der Waals surface area contributed by atoms with Gasteiger partial charge in [-0.25, -0.2) is 12.8 Å². The molecule has 1 aromatic heterocycles. The summed E-state index contributed by atoms with van der Waals surface area (Å²) >= 11 is 3.25. The Bertz CT molecular complexity index is 777. The van der Waals surface area contributed by atoms with Crippen LogP contribution < -0.4 is 0 Å². The molecule has 0 aliphatic heterocycles. The first kappa shape index (κ1) is 16.4. The molecule has 0 N–H and O–H groups in total. The number of aromatic nitrogens is 3. The number of halogens is 3. The molecule has 0 spiro atoms. The van der Waals surface area contributed by atoms with Crippen molar-refractivity contribution in [1.82, 2.24) is 14.8 Å². The fourth-order valence-corrected chi connectivity index (χ4v) is 3.13. The summed E-state index contributed by atoms with van der Waals surface area (Å²) in [5, 5.41) is 7.01. The summed E-state index contributed by atoms with van der Waals surface area (Å²) in [5.41, 5.74) is 0.157. The Labute approximate surface area is 134 Å². The van der Waals surface area contributed by atoms with Gasteiger partial charge in [0.1, 0.15) is 5.82 Å². The molecule has 2 aromatic rings. The fraction of sp³-hybridized carbons (Fsp3) is 0.333. The lowest BCUT2D eigenvalue weighted by molar-refractivity contribution is 0.487. The molecule has 2 rings (SSSR count). The predicted molar refractivity (Wildman–Crippen MR) is 81.0 cm³/mol. The maximum atomic E-state index is 14.0. The van der Waals surface area contributed by atoms with Crippen LogP contribution in [0.25, 0.3) is 11.4 Å². The predicted octanol–water partition coefficient (Wildman–Crippen LogP) is 3.43. The SMILES string of the molecule is CC(C)Cn1c(-c2cc(Br)ccc2F)nnc1S(=O)(=O)Cl. The summed E-state index contributed by atoms with van der Waals surface area (Å²) in [7, 11) is 1.30. The molecule has 0 fully saturated rings. The van der Waals surface area contributed by atoms with Crippen LogP contribution in [0.2, 0.25) is 0 Å². The first-order chi connectivity index (χ1) is 9.70. The number of hydrogen-bond acceptors (Lipinski definition) is 4. The van der Waals surface area contributed by atoms with Gasteiger partial charge in [-0.05, 0) is 24.1 Å². The molecule has 0 aliphatic rings. The summed E-state index contributed by atoms with van der Waals surface area (Å²) in [4.78, 5) is 0. The second-order valence-corrected chi connectivity index (χ2v) is 8.25. The van der Waals surface area contributed by atoms with E-state index in [0.717, 1.165) is 0 Å². The Morgan fingerprint density at radius 2 is 2.05 bits per heavy atom. The van der Waals surface area contributed by atoms with Gasteiger partial charge in [0.05, 0.1) is 5.56 Å². The fourth-order valence-electron chi connectivity index (χ4n) is 1.87. The van der Waals surface area contributed by atoms with Crippen molar-refractivity contribution in [1.29, 1.82) is 0 Å². The zero-order valence-corrected chi connectivity index (χ0v) is 14.4. The van der Waals surface area contributed by atoms with Crippen molar-refractivity contribution in [3.63, 3.8) is 0 Å². The number of benzene rings is 1. The van der Waals surface area contributed by atoms with E-state index in [1.165, 1.54) is 16.7 Å². The van der Waals surface area contributed by atoms with E-state index in [4.69, 9.17) is 10.7 Å². The largest absolute Gasteiger partial charge is 0.296 e. The van der Waals surface area contributed by atoms with Gasteiger partial charge in [-0.3, -0.25) is 4.57 Å². The monoisotopic (exact) mass is 395 g/mol. The minimum absolute atomic E-state index is 0.104. The molecule has 0 amide bonds. The third-order valence-electron chi connectivity index (χ3n) is 2.65. The third-order valence-corrected chi connectivity index (χ3v) is 4.30. The van der Waals surface area contributed by atoms with Crippen LogP contribution in [0.4, 0.5) is 4.39 Å². The van der Waals surface area contributed by atoms with Crippen molar-refractivity contribution >= 4 is 35.7 Å². The van der Waals surface area contributed by atoms with Crippen LogP contribution in [-0.4, -0.2) is 23.2 Å².